The lowest BCUT2D eigenvalue weighted by atomic mass is 9.99. The lowest BCUT2D eigenvalue weighted by molar-refractivity contribution is -0.305. The SMILES string of the molecule is O=C([O-])C[C@@H]1S/C(=N\N=C2CCCCC2)N(c2ccccc2)C1=O. The Hall–Kier alpha value is -2.15. The highest BCUT2D eigenvalue weighted by Gasteiger charge is 2.39. The molecule has 0 aromatic heterocycles. The third-order valence-corrected chi connectivity index (χ3v) is 5.14. The number of thioether (sulfide) groups is 1. The van der Waals surface area contributed by atoms with Crippen LogP contribution in [0, 0.1) is 0 Å². The van der Waals surface area contributed by atoms with Crippen LogP contribution in [0.5, 0.6) is 0 Å². The van der Waals surface area contributed by atoms with Crippen LogP contribution in [0.1, 0.15) is 38.5 Å². The molecule has 1 aliphatic carbocycles. The Morgan fingerprint density at radius 2 is 1.88 bits per heavy atom. The van der Waals surface area contributed by atoms with E-state index in [1.54, 1.807) is 12.1 Å². The Morgan fingerprint density at radius 1 is 1.17 bits per heavy atom. The van der Waals surface area contributed by atoms with E-state index in [2.05, 4.69) is 10.2 Å². The predicted octanol–water partition coefficient (Wildman–Crippen LogP) is 1.95. The maximum Gasteiger partial charge on any atom is 0.247 e. The fourth-order valence-corrected chi connectivity index (χ4v) is 3.87. The summed E-state index contributed by atoms with van der Waals surface area (Å²) in [5.74, 6) is -1.54. The largest absolute Gasteiger partial charge is 0.550 e. The number of aliphatic carboxylic acids is 1. The maximum atomic E-state index is 12.6. The van der Waals surface area contributed by atoms with Crippen molar-refractivity contribution in [3.05, 3.63) is 30.3 Å². The van der Waals surface area contributed by atoms with Crippen LogP contribution in [0.25, 0.3) is 0 Å². The standard InChI is InChI=1S/C17H19N3O3S/c21-15(22)11-14-16(23)20(13-9-5-2-6-10-13)17(24-14)19-18-12-7-3-1-4-8-12/h2,5-6,9-10,14H,1,3-4,7-8,11H2,(H,21,22)/p-1/b19-17-/t14-/m0/s1. The molecular weight excluding hydrogens is 326 g/mol. The summed E-state index contributed by atoms with van der Waals surface area (Å²) in [7, 11) is 0. The van der Waals surface area contributed by atoms with Gasteiger partial charge in [0.25, 0.3) is 0 Å². The number of carboxylic acids is 1. The van der Waals surface area contributed by atoms with Gasteiger partial charge in [0.15, 0.2) is 5.17 Å². The maximum absolute atomic E-state index is 12.6. The van der Waals surface area contributed by atoms with Gasteiger partial charge in [-0.2, -0.15) is 5.10 Å². The Bertz CT molecular complexity index is 680. The number of hydrogen-bond donors (Lipinski definition) is 0. The van der Waals surface area contributed by atoms with Crippen molar-refractivity contribution in [2.24, 2.45) is 10.2 Å². The molecule has 126 valence electrons. The molecule has 0 N–H and O–H groups in total. The van der Waals surface area contributed by atoms with E-state index in [1.807, 2.05) is 18.2 Å². The second kappa shape index (κ2) is 7.61. The third-order valence-electron chi connectivity index (χ3n) is 4.01. The van der Waals surface area contributed by atoms with Crippen molar-refractivity contribution in [2.45, 2.75) is 43.8 Å². The highest BCUT2D eigenvalue weighted by Crippen LogP contribution is 2.33. The first-order valence-corrected chi connectivity index (χ1v) is 8.92. The summed E-state index contributed by atoms with van der Waals surface area (Å²) in [4.78, 5) is 24.9. The summed E-state index contributed by atoms with van der Waals surface area (Å²) < 4.78 is 0. The Morgan fingerprint density at radius 3 is 2.54 bits per heavy atom. The second-order valence-electron chi connectivity index (χ2n) is 5.80. The van der Waals surface area contributed by atoms with Crippen molar-refractivity contribution in [3.63, 3.8) is 0 Å². The number of carboxylic acid groups (broad SMARTS) is 1. The van der Waals surface area contributed by atoms with Crippen LogP contribution in [0.15, 0.2) is 40.5 Å². The van der Waals surface area contributed by atoms with Crippen LogP contribution in [-0.4, -0.2) is 28.0 Å². The van der Waals surface area contributed by atoms with Gasteiger partial charge >= 0.3 is 0 Å². The topological polar surface area (TPSA) is 85.2 Å². The van der Waals surface area contributed by atoms with E-state index in [1.165, 1.54) is 11.3 Å². The van der Waals surface area contributed by atoms with E-state index in [-0.39, 0.29) is 12.3 Å². The summed E-state index contributed by atoms with van der Waals surface area (Å²) in [5, 5.41) is 19.2. The molecule has 0 spiro atoms. The molecule has 7 heteroatoms. The number of amides is 1. The fourth-order valence-electron chi connectivity index (χ4n) is 2.81. The number of anilines is 1. The van der Waals surface area contributed by atoms with Gasteiger partial charge in [-0.05, 0) is 37.8 Å². The smallest absolute Gasteiger partial charge is 0.247 e. The number of amidine groups is 1. The van der Waals surface area contributed by atoms with Gasteiger partial charge in [-0.25, -0.2) is 0 Å². The molecule has 1 aliphatic heterocycles. The molecule has 0 radical (unpaired) electrons. The fraction of sp³-hybridized carbons (Fsp3) is 0.412. The lowest BCUT2D eigenvalue weighted by Crippen LogP contribution is -2.35. The number of carbonyl (C=O) groups excluding carboxylic acids is 2. The lowest BCUT2D eigenvalue weighted by Gasteiger charge is -2.16. The van der Waals surface area contributed by atoms with E-state index >= 15 is 0 Å². The van der Waals surface area contributed by atoms with Crippen molar-refractivity contribution in [1.29, 1.82) is 0 Å². The summed E-state index contributed by atoms with van der Waals surface area (Å²) in [6.07, 6.45) is 4.98. The number of para-hydroxylation sites is 1. The van der Waals surface area contributed by atoms with Crippen LogP contribution in [0.3, 0.4) is 0 Å². The molecule has 1 saturated heterocycles. The van der Waals surface area contributed by atoms with Gasteiger partial charge in [0.1, 0.15) is 0 Å². The van der Waals surface area contributed by atoms with Crippen molar-refractivity contribution in [2.75, 3.05) is 4.90 Å². The van der Waals surface area contributed by atoms with Gasteiger partial charge in [-0.15, -0.1) is 5.10 Å². The van der Waals surface area contributed by atoms with Gasteiger partial charge in [0.05, 0.1) is 10.9 Å². The summed E-state index contributed by atoms with van der Waals surface area (Å²) in [5.41, 5.74) is 1.71. The van der Waals surface area contributed by atoms with Crippen molar-refractivity contribution in [1.82, 2.24) is 0 Å². The van der Waals surface area contributed by atoms with Crippen LogP contribution in [0.4, 0.5) is 5.69 Å². The molecule has 1 aromatic rings. The Labute approximate surface area is 144 Å². The van der Waals surface area contributed by atoms with Gasteiger partial charge in [0, 0.05) is 18.1 Å². The molecule has 2 fully saturated rings. The highest BCUT2D eigenvalue weighted by atomic mass is 32.2. The zero-order chi connectivity index (χ0) is 16.9. The van der Waals surface area contributed by atoms with E-state index in [0.717, 1.165) is 43.2 Å². The molecule has 1 amide bonds. The quantitative estimate of drug-likeness (QED) is 0.781. The van der Waals surface area contributed by atoms with E-state index in [0.29, 0.717) is 10.9 Å². The molecule has 0 bridgehead atoms. The van der Waals surface area contributed by atoms with Gasteiger partial charge < -0.3 is 9.90 Å². The van der Waals surface area contributed by atoms with Crippen molar-refractivity contribution < 1.29 is 14.7 Å². The van der Waals surface area contributed by atoms with Crippen LogP contribution in [0.2, 0.25) is 0 Å². The minimum Gasteiger partial charge on any atom is -0.550 e. The average Bonchev–Trinajstić information content (AvgIpc) is 2.90. The molecule has 1 heterocycles. The molecule has 0 unspecified atom stereocenters. The zero-order valence-electron chi connectivity index (χ0n) is 13.2. The van der Waals surface area contributed by atoms with Crippen molar-refractivity contribution in [3.8, 4) is 0 Å². The number of nitrogens with zero attached hydrogens (tertiary/aromatic N) is 3. The Kier molecular flexibility index (Phi) is 5.30. The predicted molar refractivity (Wildman–Crippen MR) is 92.9 cm³/mol. The minimum absolute atomic E-state index is 0.294. The molecule has 2 aliphatic rings. The van der Waals surface area contributed by atoms with Gasteiger partial charge in [-0.1, -0.05) is 36.4 Å². The molecular formula is C17H18N3O3S-. The number of hydrogen-bond acceptors (Lipinski definition) is 6. The molecule has 24 heavy (non-hydrogen) atoms. The summed E-state index contributed by atoms with van der Waals surface area (Å²) in [6.45, 7) is 0. The van der Waals surface area contributed by atoms with E-state index in [4.69, 9.17) is 0 Å². The zero-order valence-corrected chi connectivity index (χ0v) is 14.0. The van der Waals surface area contributed by atoms with Gasteiger partial charge in [0.2, 0.25) is 5.91 Å². The first-order chi connectivity index (χ1) is 11.6. The van der Waals surface area contributed by atoms with Crippen LogP contribution >= 0.6 is 11.8 Å². The Balaban J connectivity index is 1.88. The number of benzene rings is 1. The third kappa shape index (κ3) is 3.84. The molecule has 3 rings (SSSR count). The highest BCUT2D eigenvalue weighted by molar-refractivity contribution is 8.16. The molecule has 1 atom stereocenters. The second-order valence-corrected chi connectivity index (χ2v) is 6.97. The van der Waals surface area contributed by atoms with E-state index < -0.39 is 11.2 Å². The number of carbonyl (C=O) groups is 2. The van der Waals surface area contributed by atoms with Crippen LogP contribution < -0.4 is 10.0 Å². The van der Waals surface area contributed by atoms with Crippen LogP contribution in [-0.2, 0) is 9.59 Å². The van der Waals surface area contributed by atoms with E-state index in [9.17, 15) is 14.7 Å². The molecule has 1 aromatic carbocycles. The summed E-state index contributed by atoms with van der Waals surface area (Å²) >= 11 is 1.14. The normalized spacial score (nSPS) is 22.9. The molecule has 1 saturated carbocycles. The summed E-state index contributed by atoms with van der Waals surface area (Å²) in [6, 6.07) is 9.09. The average molecular weight is 344 g/mol. The molecule has 6 nitrogen and oxygen atoms in total. The monoisotopic (exact) mass is 344 g/mol. The van der Waals surface area contributed by atoms with Gasteiger partial charge in [-0.3, -0.25) is 9.69 Å². The first-order valence-electron chi connectivity index (χ1n) is 8.04. The first kappa shape index (κ1) is 16.7. The van der Waals surface area contributed by atoms with Crippen molar-refractivity contribution >= 4 is 40.2 Å². The number of rotatable bonds is 4. The minimum atomic E-state index is -1.24.